The van der Waals surface area contributed by atoms with Gasteiger partial charge in [0.1, 0.15) is 18.1 Å². The molecule has 0 saturated heterocycles. The molecule has 0 aliphatic rings. The molecule has 2 aromatic carbocycles. The Morgan fingerprint density at radius 3 is 2.57 bits per heavy atom. The van der Waals surface area contributed by atoms with E-state index in [0.717, 1.165) is 11.3 Å². The number of ether oxygens (including phenoxy) is 2. The topological polar surface area (TPSA) is 77.1 Å². The number of benzene rings is 2. The van der Waals surface area contributed by atoms with Crippen LogP contribution in [0.4, 0.5) is 0 Å². The Hall–Kier alpha value is -2.40. The van der Waals surface area contributed by atoms with Gasteiger partial charge in [0.25, 0.3) is 0 Å². The third kappa shape index (κ3) is 3.79. The third-order valence-corrected chi connectivity index (χ3v) is 3.12. The molecule has 5 nitrogen and oxygen atoms in total. The van der Waals surface area contributed by atoms with Crippen molar-refractivity contribution >= 4 is 17.4 Å². The van der Waals surface area contributed by atoms with Crippen LogP contribution in [0.2, 0.25) is 5.02 Å². The van der Waals surface area contributed by atoms with E-state index in [1.165, 1.54) is 7.11 Å². The van der Waals surface area contributed by atoms with Gasteiger partial charge < -0.3 is 20.4 Å². The van der Waals surface area contributed by atoms with Gasteiger partial charge in [0.2, 0.25) is 0 Å². The minimum absolute atomic E-state index is 0.00276. The second kappa shape index (κ2) is 6.85. The summed E-state index contributed by atoms with van der Waals surface area (Å²) in [6.07, 6.45) is 0. The summed E-state index contributed by atoms with van der Waals surface area (Å²) in [4.78, 5) is 0. The van der Waals surface area contributed by atoms with Crippen LogP contribution in [-0.2, 0) is 6.61 Å². The average molecular weight is 307 g/mol. The Morgan fingerprint density at radius 2 is 1.95 bits per heavy atom. The first-order valence-corrected chi connectivity index (χ1v) is 6.55. The van der Waals surface area contributed by atoms with E-state index in [4.69, 9.17) is 32.0 Å². The molecule has 0 bridgehead atoms. The molecule has 0 atom stereocenters. The van der Waals surface area contributed by atoms with E-state index >= 15 is 0 Å². The molecular weight excluding hydrogens is 292 g/mol. The average Bonchev–Trinajstić information content (AvgIpc) is 2.53. The Labute approximate surface area is 127 Å². The summed E-state index contributed by atoms with van der Waals surface area (Å²) in [5.74, 6) is 1.23. The lowest BCUT2D eigenvalue weighted by Gasteiger charge is -2.11. The van der Waals surface area contributed by atoms with Crippen LogP contribution >= 0.6 is 11.6 Å². The molecule has 0 unspecified atom stereocenters. The molecule has 0 aliphatic heterocycles. The number of amidine groups is 1. The minimum Gasteiger partial charge on any atom is -0.496 e. The largest absolute Gasteiger partial charge is 0.496 e. The number of nitrogens with two attached hydrogens (primary N) is 1. The molecular formula is C15H15ClN2O3. The summed E-state index contributed by atoms with van der Waals surface area (Å²) < 4.78 is 10.9. The molecule has 110 valence electrons. The van der Waals surface area contributed by atoms with Crippen molar-refractivity contribution in [3.63, 3.8) is 0 Å². The van der Waals surface area contributed by atoms with Crippen LogP contribution in [-0.4, -0.2) is 18.2 Å². The monoisotopic (exact) mass is 306 g/mol. The van der Waals surface area contributed by atoms with Crippen LogP contribution in [0.1, 0.15) is 11.1 Å². The van der Waals surface area contributed by atoms with Gasteiger partial charge in [-0.2, -0.15) is 0 Å². The molecule has 2 rings (SSSR count). The number of nitrogens with zero attached hydrogens (tertiary/aromatic N) is 1. The summed E-state index contributed by atoms with van der Waals surface area (Å²) in [6.45, 7) is 0.369. The highest BCUT2D eigenvalue weighted by Crippen LogP contribution is 2.22. The van der Waals surface area contributed by atoms with Gasteiger partial charge >= 0.3 is 0 Å². The zero-order chi connectivity index (χ0) is 15.2. The first-order valence-electron chi connectivity index (χ1n) is 6.17. The number of oxime groups is 1. The molecule has 3 N–H and O–H groups in total. The molecule has 0 amide bonds. The van der Waals surface area contributed by atoms with Gasteiger partial charge in [-0.15, -0.1) is 0 Å². The highest BCUT2D eigenvalue weighted by atomic mass is 35.5. The highest BCUT2D eigenvalue weighted by Gasteiger charge is 2.09. The van der Waals surface area contributed by atoms with Crippen molar-refractivity contribution in [2.45, 2.75) is 6.61 Å². The smallest absolute Gasteiger partial charge is 0.173 e. The van der Waals surface area contributed by atoms with Crippen molar-refractivity contribution < 1.29 is 14.7 Å². The van der Waals surface area contributed by atoms with E-state index in [1.54, 1.807) is 36.4 Å². The van der Waals surface area contributed by atoms with Gasteiger partial charge in [-0.05, 0) is 42.0 Å². The van der Waals surface area contributed by atoms with Crippen molar-refractivity contribution in [2.24, 2.45) is 10.9 Å². The van der Waals surface area contributed by atoms with E-state index in [-0.39, 0.29) is 5.84 Å². The Kier molecular flexibility index (Phi) is 4.90. The number of hydrogen-bond donors (Lipinski definition) is 2. The predicted octanol–water partition coefficient (Wildman–Crippen LogP) is 3.02. The standard InChI is InChI=1S/C15H15ClN2O3/c1-20-14-8-10(2-7-13(14)15(17)18-19)9-21-12-5-3-11(16)4-6-12/h2-8,19H,9H2,1H3,(H2,17,18). The van der Waals surface area contributed by atoms with Crippen molar-refractivity contribution in [1.29, 1.82) is 0 Å². The van der Waals surface area contributed by atoms with Gasteiger partial charge in [-0.25, -0.2) is 0 Å². The molecule has 0 saturated carbocycles. The molecule has 21 heavy (non-hydrogen) atoms. The summed E-state index contributed by atoms with van der Waals surface area (Å²) >= 11 is 5.81. The fourth-order valence-corrected chi connectivity index (χ4v) is 1.91. The van der Waals surface area contributed by atoms with Gasteiger partial charge in [-0.3, -0.25) is 0 Å². The van der Waals surface area contributed by atoms with Gasteiger partial charge in [0.15, 0.2) is 5.84 Å². The quantitative estimate of drug-likeness (QED) is 0.385. The number of hydrogen-bond acceptors (Lipinski definition) is 4. The summed E-state index contributed by atoms with van der Waals surface area (Å²) in [5, 5.41) is 12.4. The number of methoxy groups -OCH3 is 1. The lowest BCUT2D eigenvalue weighted by atomic mass is 10.1. The Bertz CT molecular complexity index is 642. The zero-order valence-corrected chi connectivity index (χ0v) is 12.2. The molecule has 0 heterocycles. The SMILES string of the molecule is COc1cc(COc2ccc(Cl)cc2)ccc1/C(N)=N/O. The molecule has 0 aliphatic carbocycles. The lowest BCUT2D eigenvalue weighted by molar-refractivity contribution is 0.305. The molecule has 2 aromatic rings. The summed E-state index contributed by atoms with van der Waals surface area (Å²) in [7, 11) is 1.52. The van der Waals surface area contributed by atoms with E-state index in [9.17, 15) is 0 Å². The maximum atomic E-state index is 8.72. The number of halogens is 1. The molecule has 0 spiro atoms. The van der Waals surface area contributed by atoms with E-state index in [2.05, 4.69) is 5.16 Å². The Morgan fingerprint density at radius 1 is 1.24 bits per heavy atom. The van der Waals surface area contributed by atoms with Crippen LogP contribution in [0.25, 0.3) is 0 Å². The van der Waals surface area contributed by atoms with Crippen molar-refractivity contribution in [1.82, 2.24) is 0 Å². The van der Waals surface area contributed by atoms with Gasteiger partial charge in [0.05, 0.1) is 12.7 Å². The first kappa shape index (κ1) is 15.0. The van der Waals surface area contributed by atoms with Crippen molar-refractivity contribution in [3.05, 3.63) is 58.6 Å². The van der Waals surface area contributed by atoms with Crippen LogP contribution < -0.4 is 15.2 Å². The fourth-order valence-electron chi connectivity index (χ4n) is 1.79. The molecule has 0 radical (unpaired) electrons. The Balaban J connectivity index is 2.12. The molecule has 0 aromatic heterocycles. The molecule has 0 fully saturated rings. The summed E-state index contributed by atoms with van der Waals surface area (Å²) in [6, 6.07) is 12.4. The highest BCUT2D eigenvalue weighted by molar-refractivity contribution is 6.30. The van der Waals surface area contributed by atoms with Gasteiger partial charge in [0, 0.05) is 5.02 Å². The lowest BCUT2D eigenvalue weighted by Crippen LogP contribution is -2.14. The van der Waals surface area contributed by atoms with E-state index in [1.807, 2.05) is 6.07 Å². The minimum atomic E-state index is -0.00276. The molecule has 6 heteroatoms. The van der Waals surface area contributed by atoms with Crippen molar-refractivity contribution in [3.8, 4) is 11.5 Å². The third-order valence-electron chi connectivity index (χ3n) is 2.87. The van der Waals surface area contributed by atoms with E-state index in [0.29, 0.717) is 22.9 Å². The van der Waals surface area contributed by atoms with Crippen LogP contribution in [0.15, 0.2) is 47.6 Å². The fraction of sp³-hybridized carbons (Fsp3) is 0.133. The zero-order valence-electron chi connectivity index (χ0n) is 11.4. The van der Waals surface area contributed by atoms with Crippen LogP contribution in [0, 0.1) is 0 Å². The van der Waals surface area contributed by atoms with Gasteiger partial charge in [-0.1, -0.05) is 22.8 Å². The predicted molar refractivity (Wildman–Crippen MR) is 81.3 cm³/mol. The maximum absolute atomic E-state index is 8.72. The van der Waals surface area contributed by atoms with Crippen LogP contribution in [0.5, 0.6) is 11.5 Å². The van der Waals surface area contributed by atoms with Crippen LogP contribution in [0.3, 0.4) is 0 Å². The normalized spacial score (nSPS) is 11.2. The first-order chi connectivity index (χ1) is 10.1. The number of rotatable bonds is 5. The summed E-state index contributed by atoms with van der Waals surface area (Å²) in [5.41, 5.74) is 7.00. The second-order valence-corrected chi connectivity index (χ2v) is 4.70. The second-order valence-electron chi connectivity index (χ2n) is 4.26. The van der Waals surface area contributed by atoms with E-state index < -0.39 is 0 Å². The maximum Gasteiger partial charge on any atom is 0.173 e. The van der Waals surface area contributed by atoms with Crippen molar-refractivity contribution in [2.75, 3.05) is 7.11 Å².